The van der Waals surface area contributed by atoms with Crippen LogP contribution in [0.5, 0.6) is 0 Å². The van der Waals surface area contributed by atoms with E-state index in [4.69, 9.17) is 11.6 Å². The van der Waals surface area contributed by atoms with Gasteiger partial charge >= 0.3 is 0 Å². The van der Waals surface area contributed by atoms with Crippen molar-refractivity contribution in [3.05, 3.63) is 53.6 Å². The first-order valence-electron chi connectivity index (χ1n) is 6.46. The van der Waals surface area contributed by atoms with Crippen LogP contribution in [0.2, 0.25) is 5.15 Å². The molecule has 4 rings (SSSR count). The first-order valence-corrected chi connectivity index (χ1v) is 6.84. The maximum absolute atomic E-state index is 5.97. The van der Waals surface area contributed by atoms with Crippen LogP contribution in [0, 0.1) is 6.92 Å². The molecule has 0 radical (unpaired) electrons. The van der Waals surface area contributed by atoms with Crippen molar-refractivity contribution in [1.82, 2.24) is 24.6 Å². The van der Waals surface area contributed by atoms with Gasteiger partial charge in [-0.3, -0.25) is 9.38 Å². The molecule has 0 saturated heterocycles. The molecule has 0 spiro atoms. The lowest BCUT2D eigenvalue weighted by atomic mass is 10.1. The van der Waals surface area contributed by atoms with Gasteiger partial charge in [-0.15, -0.1) is 10.2 Å². The van der Waals surface area contributed by atoms with Crippen LogP contribution < -0.4 is 0 Å². The molecule has 5 nitrogen and oxygen atoms in total. The van der Waals surface area contributed by atoms with E-state index in [2.05, 4.69) is 20.2 Å². The predicted octanol–water partition coefficient (Wildman–Crippen LogP) is 3.30. The molecule has 21 heavy (non-hydrogen) atoms. The molecule has 0 saturated carbocycles. The number of aromatic nitrogens is 5. The monoisotopic (exact) mass is 295 g/mol. The fourth-order valence-corrected chi connectivity index (χ4v) is 2.73. The minimum absolute atomic E-state index is 0.412. The van der Waals surface area contributed by atoms with E-state index in [0.717, 1.165) is 28.1 Å². The van der Waals surface area contributed by atoms with E-state index >= 15 is 0 Å². The minimum Gasteiger partial charge on any atom is -0.263 e. The zero-order valence-electron chi connectivity index (χ0n) is 11.2. The zero-order valence-corrected chi connectivity index (χ0v) is 11.9. The highest BCUT2D eigenvalue weighted by Crippen LogP contribution is 2.27. The van der Waals surface area contributed by atoms with Crippen molar-refractivity contribution in [3.63, 3.8) is 0 Å². The number of hydrogen-bond acceptors (Lipinski definition) is 4. The third-order valence-corrected chi connectivity index (χ3v) is 3.60. The molecule has 0 aliphatic carbocycles. The Labute approximate surface area is 125 Å². The molecule has 0 aliphatic rings. The van der Waals surface area contributed by atoms with Crippen molar-refractivity contribution >= 4 is 28.2 Å². The fourth-order valence-electron chi connectivity index (χ4n) is 2.51. The van der Waals surface area contributed by atoms with Gasteiger partial charge in [-0.1, -0.05) is 29.8 Å². The Morgan fingerprint density at radius 2 is 1.95 bits per heavy atom. The minimum atomic E-state index is 0.412. The number of para-hydroxylation sites is 1. The lowest BCUT2D eigenvalue weighted by Gasteiger charge is -2.06. The molecule has 3 aromatic heterocycles. The molecule has 0 aliphatic heterocycles. The van der Waals surface area contributed by atoms with E-state index in [1.807, 2.05) is 41.7 Å². The molecular formula is C15H10ClN5. The Bertz CT molecular complexity index is 971. The molecule has 0 bridgehead atoms. The summed E-state index contributed by atoms with van der Waals surface area (Å²) in [5.41, 5.74) is 2.49. The summed E-state index contributed by atoms with van der Waals surface area (Å²) in [4.78, 5) is 8.73. The van der Waals surface area contributed by atoms with Gasteiger partial charge in [0.2, 0.25) is 0 Å². The van der Waals surface area contributed by atoms with E-state index in [1.165, 1.54) is 0 Å². The summed E-state index contributed by atoms with van der Waals surface area (Å²) < 4.78 is 1.88. The normalized spacial score (nSPS) is 11.3. The first-order chi connectivity index (χ1) is 10.2. The molecule has 6 heteroatoms. The van der Waals surface area contributed by atoms with Gasteiger partial charge in [0.05, 0.1) is 5.52 Å². The summed E-state index contributed by atoms with van der Waals surface area (Å²) in [6, 6.07) is 11.6. The van der Waals surface area contributed by atoms with Crippen molar-refractivity contribution in [1.29, 1.82) is 0 Å². The summed E-state index contributed by atoms with van der Waals surface area (Å²) in [6.45, 7) is 1.88. The summed E-state index contributed by atoms with van der Waals surface area (Å²) in [5.74, 6) is 1.46. The molecule has 102 valence electrons. The number of rotatable bonds is 1. The van der Waals surface area contributed by atoms with Gasteiger partial charge in [0.25, 0.3) is 0 Å². The predicted molar refractivity (Wildman–Crippen MR) is 81.3 cm³/mol. The number of aryl methyl sites for hydroxylation is 1. The van der Waals surface area contributed by atoms with Crippen LogP contribution in [0.15, 0.2) is 42.6 Å². The van der Waals surface area contributed by atoms with E-state index < -0.39 is 0 Å². The Morgan fingerprint density at radius 1 is 1.10 bits per heavy atom. The molecule has 0 amide bonds. The van der Waals surface area contributed by atoms with Gasteiger partial charge in [0.1, 0.15) is 11.0 Å². The summed E-state index contributed by atoms with van der Waals surface area (Å²) in [5, 5.41) is 9.95. The van der Waals surface area contributed by atoms with E-state index in [0.29, 0.717) is 10.8 Å². The number of pyridine rings is 1. The summed E-state index contributed by atoms with van der Waals surface area (Å²) in [7, 11) is 0. The van der Waals surface area contributed by atoms with Gasteiger partial charge in [-0.25, -0.2) is 4.98 Å². The second-order valence-corrected chi connectivity index (χ2v) is 5.11. The summed E-state index contributed by atoms with van der Waals surface area (Å²) >= 11 is 5.97. The van der Waals surface area contributed by atoms with Crippen molar-refractivity contribution in [2.75, 3.05) is 0 Å². The van der Waals surface area contributed by atoms with E-state index in [-0.39, 0.29) is 0 Å². The van der Waals surface area contributed by atoms with Crippen LogP contribution in [0.4, 0.5) is 0 Å². The largest absolute Gasteiger partial charge is 0.263 e. The van der Waals surface area contributed by atoms with E-state index in [1.54, 1.807) is 12.3 Å². The topological polar surface area (TPSA) is 56.0 Å². The SMILES string of the molecule is Cc1nc(Cl)cc2nnc(-c3cccc4cccnc34)n12. The third kappa shape index (κ3) is 1.86. The molecule has 3 heterocycles. The molecule has 0 unspecified atom stereocenters. The highest BCUT2D eigenvalue weighted by molar-refractivity contribution is 6.29. The van der Waals surface area contributed by atoms with Crippen LogP contribution in [0.25, 0.3) is 27.9 Å². The Hall–Kier alpha value is -2.53. The zero-order chi connectivity index (χ0) is 14.4. The van der Waals surface area contributed by atoms with E-state index in [9.17, 15) is 0 Å². The van der Waals surface area contributed by atoms with Crippen molar-refractivity contribution in [2.45, 2.75) is 6.92 Å². The van der Waals surface area contributed by atoms with Crippen molar-refractivity contribution < 1.29 is 0 Å². The third-order valence-electron chi connectivity index (χ3n) is 3.40. The number of halogens is 1. The second kappa shape index (κ2) is 4.49. The molecular weight excluding hydrogens is 286 g/mol. The Morgan fingerprint density at radius 3 is 2.86 bits per heavy atom. The second-order valence-electron chi connectivity index (χ2n) is 4.72. The van der Waals surface area contributed by atoms with Crippen LogP contribution in [-0.4, -0.2) is 24.6 Å². The number of nitrogens with zero attached hydrogens (tertiary/aromatic N) is 5. The number of hydrogen-bond donors (Lipinski definition) is 0. The number of fused-ring (bicyclic) bond motifs is 2. The van der Waals surface area contributed by atoms with Gasteiger partial charge in [-0.05, 0) is 19.1 Å². The smallest absolute Gasteiger partial charge is 0.171 e. The first kappa shape index (κ1) is 12.2. The lowest BCUT2D eigenvalue weighted by molar-refractivity contribution is 0.989. The standard InChI is InChI=1S/C15H10ClN5/c1-9-18-12(16)8-13-19-20-15(21(9)13)11-6-2-4-10-5-3-7-17-14(10)11/h2-8H,1H3. The van der Waals surface area contributed by atoms with Crippen LogP contribution in [0.3, 0.4) is 0 Å². The van der Waals surface area contributed by atoms with Gasteiger partial charge in [-0.2, -0.15) is 0 Å². The highest BCUT2D eigenvalue weighted by Gasteiger charge is 2.14. The molecule has 0 atom stereocenters. The molecule has 0 fully saturated rings. The molecule has 4 aromatic rings. The van der Waals surface area contributed by atoms with Gasteiger partial charge in [0.15, 0.2) is 11.5 Å². The average molecular weight is 296 g/mol. The van der Waals surface area contributed by atoms with Crippen molar-refractivity contribution in [3.8, 4) is 11.4 Å². The summed E-state index contributed by atoms with van der Waals surface area (Å²) in [6.07, 6.45) is 1.77. The van der Waals surface area contributed by atoms with Gasteiger partial charge in [0, 0.05) is 23.2 Å². The molecule has 0 N–H and O–H groups in total. The fraction of sp³-hybridized carbons (Fsp3) is 0.0667. The average Bonchev–Trinajstić information content (AvgIpc) is 2.90. The van der Waals surface area contributed by atoms with Crippen LogP contribution >= 0.6 is 11.6 Å². The maximum Gasteiger partial charge on any atom is 0.171 e. The van der Waals surface area contributed by atoms with Crippen molar-refractivity contribution in [2.24, 2.45) is 0 Å². The molecule has 1 aromatic carbocycles. The van der Waals surface area contributed by atoms with Crippen LogP contribution in [-0.2, 0) is 0 Å². The van der Waals surface area contributed by atoms with Gasteiger partial charge < -0.3 is 0 Å². The highest BCUT2D eigenvalue weighted by atomic mass is 35.5. The Kier molecular flexibility index (Phi) is 2.62. The Balaban J connectivity index is 2.10. The quantitative estimate of drug-likeness (QED) is 0.506. The number of benzene rings is 1. The maximum atomic E-state index is 5.97. The van der Waals surface area contributed by atoms with Crippen LogP contribution in [0.1, 0.15) is 5.82 Å². The lowest BCUT2D eigenvalue weighted by Crippen LogP contribution is -1.98.